The Hall–Kier alpha value is -2.57. The van der Waals surface area contributed by atoms with E-state index >= 15 is 0 Å². The number of hydrogen-bond donors (Lipinski definition) is 2. The summed E-state index contributed by atoms with van der Waals surface area (Å²) in [6.07, 6.45) is 4.06. The first-order valence-electron chi connectivity index (χ1n) is 10.6. The topological polar surface area (TPSA) is 53.1 Å². The fourth-order valence-electron chi connectivity index (χ4n) is 3.49. The number of rotatable bonds is 8. The monoisotopic (exact) mass is 419 g/mol. The molecule has 0 fully saturated rings. The van der Waals surface area contributed by atoms with Crippen molar-refractivity contribution in [3.05, 3.63) is 71.9 Å². The first-order valence-corrected chi connectivity index (χ1v) is 11.4. The number of hydrogen-bond acceptors (Lipinski definition) is 6. The van der Waals surface area contributed by atoms with E-state index in [0.717, 1.165) is 43.5 Å². The molecule has 30 heavy (non-hydrogen) atoms. The number of benzene rings is 2. The minimum absolute atomic E-state index is 0.627. The summed E-state index contributed by atoms with van der Waals surface area (Å²) >= 11 is 1.68. The van der Waals surface area contributed by atoms with Crippen LogP contribution in [0.4, 0.5) is 17.5 Å². The highest BCUT2D eigenvalue weighted by molar-refractivity contribution is 7.97. The summed E-state index contributed by atoms with van der Waals surface area (Å²) in [5.74, 6) is 2.31. The Balaban J connectivity index is 1.35. The fourth-order valence-corrected chi connectivity index (χ4v) is 4.15. The Kier molecular flexibility index (Phi) is 6.87. The third kappa shape index (κ3) is 5.52. The molecule has 0 unspecified atom stereocenters. The van der Waals surface area contributed by atoms with Gasteiger partial charge in [-0.25, -0.2) is 4.98 Å². The van der Waals surface area contributed by atoms with Gasteiger partial charge in [0.05, 0.1) is 0 Å². The predicted octanol–water partition coefficient (Wildman–Crippen LogP) is 5.43. The van der Waals surface area contributed by atoms with E-state index in [1.165, 1.54) is 22.4 Å². The smallest absolute Gasteiger partial charge is 0.229 e. The number of aromatic nitrogens is 2. The van der Waals surface area contributed by atoms with Crippen molar-refractivity contribution in [1.82, 2.24) is 14.7 Å². The molecule has 0 radical (unpaired) electrons. The maximum Gasteiger partial charge on any atom is 0.229 e. The maximum absolute atomic E-state index is 4.75. The summed E-state index contributed by atoms with van der Waals surface area (Å²) in [6.45, 7) is 7.37. The van der Waals surface area contributed by atoms with Crippen LogP contribution in [-0.4, -0.2) is 23.1 Å². The highest BCUT2D eigenvalue weighted by Gasteiger charge is 2.17. The Morgan fingerprint density at radius 2 is 1.83 bits per heavy atom. The van der Waals surface area contributed by atoms with Crippen LogP contribution >= 0.6 is 11.9 Å². The van der Waals surface area contributed by atoms with Gasteiger partial charge in [-0.05, 0) is 72.2 Å². The lowest BCUT2D eigenvalue weighted by atomic mass is 10.00. The maximum atomic E-state index is 4.75. The molecule has 2 heterocycles. The molecule has 0 aliphatic carbocycles. The van der Waals surface area contributed by atoms with Crippen molar-refractivity contribution in [2.75, 3.05) is 23.3 Å². The van der Waals surface area contributed by atoms with E-state index in [4.69, 9.17) is 4.98 Å². The molecule has 6 heteroatoms. The average Bonchev–Trinajstić information content (AvgIpc) is 2.77. The molecule has 2 N–H and O–H groups in total. The Bertz CT molecular complexity index is 958. The van der Waals surface area contributed by atoms with Gasteiger partial charge in [0.15, 0.2) is 0 Å². The quantitative estimate of drug-likeness (QED) is 0.375. The Morgan fingerprint density at radius 1 is 1.03 bits per heavy atom. The van der Waals surface area contributed by atoms with Crippen molar-refractivity contribution in [3.63, 3.8) is 0 Å². The van der Waals surface area contributed by atoms with Crippen LogP contribution in [0.5, 0.6) is 0 Å². The summed E-state index contributed by atoms with van der Waals surface area (Å²) in [7, 11) is 0. The van der Waals surface area contributed by atoms with Gasteiger partial charge in [-0.15, -0.1) is 0 Å². The zero-order valence-corrected chi connectivity index (χ0v) is 18.5. The van der Waals surface area contributed by atoms with Crippen molar-refractivity contribution < 1.29 is 0 Å². The lowest BCUT2D eigenvalue weighted by Crippen LogP contribution is -2.31. The minimum atomic E-state index is 0.627. The molecule has 1 aliphatic rings. The second kappa shape index (κ2) is 9.96. The molecule has 1 aromatic heterocycles. The van der Waals surface area contributed by atoms with Gasteiger partial charge >= 0.3 is 0 Å². The third-order valence-corrected chi connectivity index (χ3v) is 6.08. The van der Waals surface area contributed by atoms with Crippen LogP contribution in [-0.2, 0) is 13.0 Å². The van der Waals surface area contributed by atoms with Gasteiger partial charge in [0.2, 0.25) is 5.95 Å². The normalized spacial score (nSPS) is 13.4. The van der Waals surface area contributed by atoms with E-state index in [-0.39, 0.29) is 0 Å². The van der Waals surface area contributed by atoms with E-state index in [1.807, 2.05) is 12.3 Å². The van der Waals surface area contributed by atoms with Crippen molar-refractivity contribution in [2.45, 2.75) is 38.1 Å². The van der Waals surface area contributed by atoms with Crippen LogP contribution in [0.15, 0.2) is 65.7 Å². The van der Waals surface area contributed by atoms with E-state index in [0.29, 0.717) is 5.95 Å². The van der Waals surface area contributed by atoms with Gasteiger partial charge < -0.3 is 10.2 Å². The van der Waals surface area contributed by atoms with Crippen molar-refractivity contribution >= 4 is 29.4 Å². The van der Waals surface area contributed by atoms with Gasteiger partial charge in [0.1, 0.15) is 5.82 Å². The van der Waals surface area contributed by atoms with Crippen LogP contribution in [0.2, 0.25) is 0 Å². The van der Waals surface area contributed by atoms with E-state index in [1.54, 1.807) is 11.9 Å². The zero-order chi connectivity index (χ0) is 20.8. The van der Waals surface area contributed by atoms with E-state index in [9.17, 15) is 0 Å². The van der Waals surface area contributed by atoms with E-state index < -0.39 is 0 Å². The Labute approximate surface area is 183 Å². The predicted molar refractivity (Wildman–Crippen MR) is 126 cm³/mol. The number of nitrogens with one attached hydrogen (secondary N) is 2. The molecule has 0 amide bonds. The fraction of sp³-hybridized carbons (Fsp3) is 0.333. The number of fused-ring (bicyclic) bond motifs is 1. The molecule has 0 saturated heterocycles. The largest absolute Gasteiger partial charge is 0.352 e. The van der Waals surface area contributed by atoms with Gasteiger partial charge in [0.25, 0.3) is 0 Å². The molecule has 0 atom stereocenters. The highest BCUT2D eigenvalue weighted by Crippen LogP contribution is 2.24. The Morgan fingerprint density at radius 3 is 2.63 bits per heavy atom. The van der Waals surface area contributed by atoms with Crippen molar-refractivity contribution in [1.29, 1.82) is 0 Å². The molecule has 0 spiro atoms. The molecule has 0 saturated carbocycles. The first kappa shape index (κ1) is 20.7. The van der Waals surface area contributed by atoms with Gasteiger partial charge in [0, 0.05) is 36.4 Å². The standard InChI is InChI=1S/C24H29N5S/c1-18(2)11-15-26-30-22-9-7-21(8-10-22)27-24-25-14-12-23(28-24)29-16-13-19-5-3-4-6-20(19)17-29/h3-10,12,14,18,26H,11,13,15-17H2,1-2H3,(H,25,27,28). The summed E-state index contributed by atoms with van der Waals surface area (Å²) in [5.41, 5.74) is 3.81. The summed E-state index contributed by atoms with van der Waals surface area (Å²) in [5, 5.41) is 3.33. The minimum Gasteiger partial charge on any atom is -0.352 e. The number of anilines is 3. The molecule has 1 aliphatic heterocycles. The lowest BCUT2D eigenvalue weighted by molar-refractivity contribution is 0.585. The second-order valence-electron chi connectivity index (χ2n) is 8.01. The van der Waals surface area contributed by atoms with Crippen LogP contribution in [0.3, 0.4) is 0 Å². The van der Waals surface area contributed by atoms with Crippen LogP contribution in [0.25, 0.3) is 0 Å². The molecule has 3 aromatic rings. The van der Waals surface area contributed by atoms with Crippen LogP contribution < -0.4 is 14.9 Å². The third-order valence-electron chi connectivity index (χ3n) is 5.22. The zero-order valence-electron chi connectivity index (χ0n) is 17.6. The molecule has 5 nitrogen and oxygen atoms in total. The summed E-state index contributed by atoms with van der Waals surface area (Å²) in [6, 6.07) is 19.0. The lowest BCUT2D eigenvalue weighted by Gasteiger charge is -2.29. The highest BCUT2D eigenvalue weighted by atomic mass is 32.2. The second-order valence-corrected chi connectivity index (χ2v) is 8.97. The van der Waals surface area contributed by atoms with Gasteiger partial charge in [-0.2, -0.15) is 4.98 Å². The molecular weight excluding hydrogens is 390 g/mol. The average molecular weight is 420 g/mol. The van der Waals surface area contributed by atoms with Crippen molar-refractivity contribution in [2.24, 2.45) is 5.92 Å². The van der Waals surface area contributed by atoms with Gasteiger partial charge in [-0.3, -0.25) is 4.72 Å². The molecular formula is C24H29N5S. The SMILES string of the molecule is CC(C)CCNSc1ccc(Nc2nccc(N3CCc4ccccc4C3)n2)cc1. The molecule has 156 valence electrons. The number of nitrogens with zero attached hydrogens (tertiary/aromatic N) is 3. The van der Waals surface area contributed by atoms with Gasteiger partial charge in [-0.1, -0.05) is 38.1 Å². The van der Waals surface area contributed by atoms with Crippen LogP contribution in [0.1, 0.15) is 31.4 Å². The summed E-state index contributed by atoms with van der Waals surface area (Å²) in [4.78, 5) is 12.7. The van der Waals surface area contributed by atoms with Crippen molar-refractivity contribution in [3.8, 4) is 0 Å². The molecule has 4 rings (SSSR count). The molecule has 0 bridgehead atoms. The molecule has 2 aromatic carbocycles. The first-order chi connectivity index (χ1) is 14.7. The van der Waals surface area contributed by atoms with Crippen LogP contribution in [0, 0.1) is 5.92 Å². The van der Waals surface area contributed by atoms with E-state index in [2.05, 4.69) is 82.3 Å². The summed E-state index contributed by atoms with van der Waals surface area (Å²) < 4.78 is 3.42.